The summed E-state index contributed by atoms with van der Waals surface area (Å²) in [4.78, 5) is 10.8. The van der Waals surface area contributed by atoms with Crippen LogP contribution >= 0.6 is 0 Å². The monoisotopic (exact) mass is 400 g/mol. The number of amidine groups is 1. The molecule has 152 valence electrons. The molecule has 0 fully saturated rings. The van der Waals surface area contributed by atoms with Crippen LogP contribution in [0.15, 0.2) is 84.1 Å². The van der Waals surface area contributed by atoms with Crippen molar-refractivity contribution in [2.45, 2.75) is 6.54 Å². The van der Waals surface area contributed by atoms with Gasteiger partial charge in [-0.3, -0.25) is 4.79 Å². The first-order valence-electron chi connectivity index (χ1n) is 9.40. The molecule has 0 unspecified atom stereocenters. The average Bonchev–Trinajstić information content (AvgIpc) is 3.22. The number of hydrogen-bond acceptors (Lipinski definition) is 4. The molecule has 5 N–H and O–H groups in total. The molecule has 4 aromatic rings. The summed E-state index contributed by atoms with van der Waals surface area (Å²) in [7, 11) is 1.00. The van der Waals surface area contributed by atoms with Crippen LogP contribution in [-0.4, -0.2) is 28.9 Å². The van der Waals surface area contributed by atoms with Crippen LogP contribution < -0.4 is 11.6 Å². The molecule has 0 aliphatic carbocycles. The molecule has 30 heavy (non-hydrogen) atoms. The molecule has 0 saturated heterocycles. The van der Waals surface area contributed by atoms with E-state index in [1.54, 1.807) is 0 Å². The van der Waals surface area contributed by atoms with Crippen LogP contribution in [-0.2, 0) is 6.54 Å². The second-order valence-electron chi connectivity index (χ2n) is 6.67. The Balaban J connectivity index is 0.00000124. The number of rotatable bonds is 5. The second-order valence-corrected chi connectivity index (χ2v) is 6.67. The molecule has 0 spiro atoms. The first-order valence-corrected chi connectivity index (χ1v) is 9.40. The van der Waals surface area contributed by atoms with Crippen LogP contribution in [0.2, 0.25) is 0 Å². The van der Waals surface area contributed by atoms with Crippen molar-refractivity contribution in [3.63, 3.8) is 0 Å². The van der Waals surface area contributed by atoms with E-state index >= 15 is 0 Å². The van der Waals surface area contributed by atoms with Gasteiger partial charge in [0.05, 0.1) is 0 Å². The molecule has 0 aliphatic rings. The molecule has 0 bridgehead atoms. The van der Waals surface area contributed by atoms with Crippen molar-refractivity contribution in [3.05, 3.63) is 95.7 Å². The lowest BCUT2D eigenvalue weighted by Gasteiger charge is -2.08. The molecule has 1 heterocycles. The highest BCUT2D eigenvalue weighted by molar-refractivity contribution is 6.00. The predicted octanol–water partition coefficient (Wildman–Crippen LogP) is 3.36. The van der Waals surface area contributed by atoms with Gasteiger partial charge >= 0.3 is 0 Å². The van der Waals surface area contributed by atoms with E-state index < -0.39 is 0 Å². The van der Waals surface area contributed by atoms with Gasteiger partial charge in [-0.2, -0.15) is 5.10 Å². The Labute approximate surface area is 175 Å². The van der Waals surface area contributed by atoms with Crippen molar-refractivity contribution in [1.29, 1.82) is 0 Å². The first-order chi connectivity index (χ1) is 14.7. The number of aromatic nitrogens is 1. The van der Waals surface area contributed by atoms with E-state index in [1.807, 2.05) is 42.5 Å². The van der Waals surface area contributed by atoms with Crippen molar-refractivity contribution in [1.82, 2.24) is 4.57 Å². The highest BCUT2D eigenvalue weighted by atomic mass is 16.2. The van der Waals surface area contributed by atoms with Gasteiger partial charge in [-0.1, -0.05) is 48.5 Å². The maximum atomic E-state index is 10.8. The summed E-state index contributed by atoms with van der Waals surface area (Å²) in [5.41, 5.74) is 11.8. The second kappa shape index (κ2) is 9.54. The first kappa shape index (κ1) is 20.8. The van der Waals surface area contributed by atoms with E-state index in [4.69, 9.17) is 16.7 Å². The lowest BCUT2D eigenvalue weighted by molar-refractivity contribution is 0.112. The Morgan fingerprint density at radius 1 is 0.967 bits per heavy atom. The maximum Gasteiger partial charge on any atom is 0.150 e. The van der Waals surface area contributed by atoms with Crippen LogP contribution in [0.25, 0.3) is 22.0 Å². The predicted molar refractivity (Wildman–Crippen MR) is 121 cm³/mol. The molecule has 0 saturated carbocycles. The number of aliphatic hydroxyl groups is 1. The van der Waals surface area contributed by atoms with Crippen LogP contribution in [0.3, 0.4) is 0 Å². The van der Waals surface area contributed by atoms with Crippen molar-refractivity contribution >= 4 is 23.0 Å². The smallest absolute Gasteiger partial charge is 0.150 e. The van der Waals surface area contributed by atoms with Crippen LogP contribution in [0, 0.1) is 0 Å². The Hall–Kier alpha value is -3.90. The third kappa shape index (κ3) is 4.39. The molecular formula is C24H24N4O2. The molecule has 0 radical (unpaired) electrons. The summed E-state index contributed by atoms with van der Waals surface area (Å²) in [5, 5.41) is 11.6. The van der Waals surface area contributed by atoms with Gasteiger partial charge in [0.15, 0.2) is 0 Å². The summed E-state index contributed by atoms with van der Waals surface area (Å²) >= 11 is 0. The number of hydrogen-bond donors (Lipinski definition) is 3. The zero-order valence-corrected chi connectivity index (χ0v) is 16.7. The van der Waals surface area contributed by atoms with Crippen molar-refractivity contribution in [2.24, 2.45) is 16.7 Å². The number of aliphatic hydroxyl groups excluding tert-OH is 1. The SMILES string of the molecule is CO.N/N=C(\N)c1ccc2c(ccn2Cc2ccc(-c3ccc(C=O)cc3)cc2)c1. The summed E-state index contributed by atoms with van der Waals surface area (Å²) in [5.74, 6) is 5.59. The number of hydrazone groups is 1. The molecule has 3 aromatic carbocycles. The van der Waals surface area contributed by atoms with E-state index in [-0.39, 0.29) is 0 Å². The maximum absolute atomic E-state index is 10.8. The average molecular weight is 400 g/mol. The molecule has 0 aliphatic heterocycles. The Kier molecular flexibility index (Phi) is 6.62. The van der Waals surface area contributed by atoms with Gasteiger partial charge in [-0.25, -0.2) is 0 Å². The lowest BCUT2D eigenvalue weighted by Crippen LogP contribution is -2.15. The third-order valence-corrected chi connectivity index (χ3v) is 4.89. The Bertz CT molecular complexity index is 1160. The molecule has 4 rings (SSSR count). The summed E-state index contributed by atoms with van der Waals surface area (Å²) in [6.07, 6.45) is 2.92. The molecule has 0 atom stereocenters. The quantitative estimate of drug-likeness (QED) is 0.157. The van der Waals surface area contributed by atoms with Gasteiger partial charge in [0.1, 0.15) is 12.1 Å². The van der Waals surface area contributed by atoms with Gasteiger partial charge in [0.25, 0.3) is 0 Å². The van der Waals surface area contributed by atoms with Gasteiger partial charge in [0.2, 0.25) is 0 Å². The molecule has 1 aromatic heterocycles. The van der Waals surface area contributed by atoms with E-state index in [1.165, 1.54) is 5.56 Å². The zero-order valence-electron chi connectivity index (χ0n) is 16.7. The highest BCUT2D eigenvalue weighted by Crippen LogP contribution is 2.22. The van der Waals surface area contributed by atoms with E-state index in [0.29, 0.717) is 11.4 Å². The van der Waals surface area contributed by atoms with Crippen molar-refractivity contribution in [3.8, 4) is 11.1 Å². The zero-order chi connectivity index (χ0) is 21.5. The number of nitrogens with zero attached hydrogens (tertiary/aromatic N) is 2. The van der Waals surface area contributed by atoms with Crippen molar-refractivity contribution in [2.75, 3.05) is 7.11 Å². The minimum Gasteiger partial charge on any atom is -0.400 e. The minimum absolute atomic E-state index is 0.325. The molecular weight excluding hydrogens is 376 g/mol. The lowest BCUT2D eigenvalue weighted by atomic mass is 10.0. The number of aldehydes is 1. The molecule has 6 nitrogen and oxygen atoms in total. The van der Waals surface area contributed by atoms with Gasteiger partial charge in [-0.15, -0.1) is 0 Å². The van der Waals surface area contributed by atoms with Crippen molar-refractivity contribution < 1.29 is 9.90 Å². The van der Waals surface area contributed by atoms with E-state index in [9.17, 15) is 4.79 Å². The number of fused-ring (bicyclic) bond motifs is 1. The number of benzene rings is 3. The molecule has 6 heteroatoms. The Morgan fingerprint density at radius 3 is 2.20 bits per heavy atom. The van der Waals surface area contributed by atoms with Crippen LogP contribution in [0.5, 0.6) is 0 Å². The van der Waals surface area contributed by atoms with Gasteiger partial charge in [-0.05, 0) is 41.0 Å². The number of nitrogens with two attached hydrogens (primary N) is 2. The largest absolute Gasteiger partial charge is 0.400 e. The topological polar surface area (TPSA) is 107 Å². The fourth-order valence-electron chi connectivity index (χ4n) is 3.33. The standard InChI is InChI=1S/C23H20N4O.CH4O/c24-23(26-25)21-9-10-22-20(13-21)11-12-27(22)14-16-1-5-18(6-2-16)19-7-3-17(15-28)4-8-19;1-2/h1-13,15H,14,25H2,(H2,24,26);2H,1H3. The highest BCUT2D eigenvalue weighted by Gasteiger charge is 2.06. The summed E-state index contributed by atoms with van der Waals surface area (Å²) < 4.78 is 2.20. The van der Waals surface area contributed by atoms with Gasteiger partial charge in [0, 0.05) is 41.9 Å². The number of carbonyl (C=O) groups excluding carboxylic acids is 1. The Morgan fingerprint density at radius 2 is 1.60 bits per heavy atom. The summed E-state index contributed by atoms with van der Waals surface area (Å²) in [6, 6.07) is 24.1. The van der Waals surface area contributed by atoms with Crippen LogP contribution in [0.4, 0.5) is 0 Å². The fourth-order valence-corrected chi connectivity index (χ4v) is 3.33. The third-order valence-electron chi connectivity index (χ3n) is 4.89. The fraction of sp³-hybridized carbons (Fsp3) is 0.0833. The van der Waals surface area contributed by atoms with Gasteiger partial charge < -0.3 is 21.2 Å². The number of carbonyl (C=O) groups is 1. The van der Waals surface area contributed by atoms with E-state index in [2.05, 4.69) is 46.2 Å². The molecule has 0 amide bonds. The summed E-state index contributed by atoms with van der Waals surface area (Å²) in [6.45, 7) is 0.771. The minimum atomic E-state index is 0.325. The van der Waals surface area contributed by atoms with Crippen LogP contribution in [0.1, 0.15) is 21.5 Å². The normalized spacial score (nSPS) is 11.1. The van der Waals surface area contributed by atoms with E-state index in [0.717, 1.165) is 47.5 Å².